The van der Waals surface area contributed by atoms with Gasteiger partial charge in [-0.2, -0.15) is 0 Å². The average molecular weight is 292 g/mol. The number of benzene rings is 1. The van der Waals surface area contributed by atoms with Gasteiger partial charge in [-0.25, -0.2) is 9.59 Å². The number of hydrogen-bond acceptors (Lipinski definition) is 3. The average Bonchev–Trinajstić information content (AvgIpc) is 2.42. The number of hydrogen-bond donors (Lipinski definition) is 3. The molecule has 6 nitrogen and oxygen atoms in total. The predicted octanol–water partition coefficient (Wildman–Crippen LogP) is 2.30. The van der Waals surface area contributed by atoms with Gasteiger partial charge in [0.05, 0.1) is 11.3 Å². The zero-order chi connectivity index (χ0) is 15.4. The number of carbonyl (C=O) groups excluding carboxylic acids is 1. The molecule has 21 heavy (non-hydrogen) atoms. The maximum Gasteiger partial charge on any atom is 0.337 e. The fraction of sp³-hybridized carbons (Fsp3) is 0.467. The van der Waals surface area contributed by atoms with Gasteiger partial charge < -0.3 is 20.5 Å². The molecule has 0 saturated carbocycles. The molecule has 114 valence electrons. The molecule has 1 aromatic carbocycles. The maximum absolute atomic E-state index is 12.0. The van der Waals surface area contributed by atoms with E-state index in [4.69, 9.17) is 4.74 Å². The number of aryl methyl sites for hydroxylation is 2. The summed E-state index contributed by atoms with van der Waals surface area (Å²) in [5, 5.41) is 14.8. The summed E-state index contributed by atoms with van der Waals surface area (Å²) in [5.74, 6) is -1.05. The molecule has 0 aliphatic carbocycles. The molecular weight excluding hydrogens is 272 g/mol. The molecule has 1 aliphatic heterocycles. The first-order valence-electron chi connectivity index (χ1n) is 6.97. The van der Waals surface area contributed by atoms with Gasteiger partial charge in [0.15, 0.2) is 0 Å². The Morgan fingerprint density at radius 3 is 2.52 bits per heavy atom. The predicted molar refractivity (Wildman–Crippen MR) is 78.9 cm³/mol. The summed E-state index contributed by atoms with van der Waals surface area (Å²) in [7, 11) is 0. The van der Waals surface area contributed by atoms with Gasteiger partial charge in [-0.3, -0.25) is 0 Å². The molecule has 1 aliphatic rings. The summed E-state index contributed by atoms with van der Waals surface area (Å²) in [6, 6.07) is 3.09. The summed E-state index contributed by atoms with van der Waals surface area (Å²) in [4.78, 5) is 23.3. The number of ether oxygens (including phenoxy) is 1. The van der Waals surface area contributed by atoms with Gasteiger partial charge in [0.25, 0.3) is 0 Å². The lowest BCUT2D eigenvalue weighted by Crippen LogP contribution is -2.41. The van der Waals surface area contributed by atoms with E-state index in [-0.39, 0.29) is 17.6 Å². The number of amides is 2. The lowest BCUT2D eigenvalue weighted by atomic mass is 10.0. The molecule has 0 aromatic heterocycles. The van der Waals surface area contributed by atoms with Gasteiger partial charge in [0, 0.05) is 19.3 Å². The highest BCUT2D eigenvalue weighted by molar-refractivity contribution is 6.01. The molecule has 1 heterocycles. The fourth-order valence-corrected chi connectivity index (χ4v) is 2.48. The molecule has 6 heteroatoms. The van der Waals surface area contributed by atoms with Gasteiger partial charge in [0.1, 0.15) is 0 Å². The van der Waals surface area contributed by atoms with Crippen molar-refractivity contribution >= 4 is 17.7 Å². The van der Waals surface area contributed by atoms with Gasteiger partial charge in [0.2, 0.25) is 0 Å². The number of aromatic carboxylic acids is 1. The molecule has 1 fully saturated rings. The Kier molecular flexibility index (Phi) is 4.80. The van der Waals surface area contributed by atoms with Crippen molar-refractivity contribution in [3.05, 3.63) is 28.8 Å². The Hall–Kier alpha value is -2.08. The number of carbonyl (C=O) groups is 2. The van der Waals surface area contributed by atoms with Crippen molar-refractivity contribution in [1.29, 1.82) is 0 Å². The molecule has 0 unspecified atom stereocenters. The minimum absolute atomic E-state index is 0.0674. The summed E-state index contributed by atoms with van der Waals surface area (Å²) >= 11 is 0. The van der Waals surface area contributed by atoms with Crippen LogP contribution < -0.4 is 10.6 Å². The van der Waals surface area contributed by atoms with Crippen LogP contribution in [0.15, 0.2) is 12.1 Å². The lowest BCUT2D eigenvalue weighted by Gasteiger charge is -2.23. The van der Waals surface area contributed by atoms with Gasteiger partial charge in [-0.1, -0.05) is 6.07 Å². The standard InChI is InChI=1S/C15H20N2O4/c1-9-7-10(2)13(12(8-9)14(18)19)17-15(20)16-11-3-5-21-6-4-11/h7-8,11H,3-6H2,1-2H3,(H,18,19)(H2,16,17,20). The van der Waals surface area contributed by atoms with Crippen molar-refractivity contribution in [2.45, 2.75) is 32.7 Å². The van der Waals surface area contributed by atoms with Crippen LogP contribution in [-0.2, 0) is 4.74 Å². The van der Waals surface area contributed by atoms with Crippen molar-refractivity contribution in [1.82, 2.24) is 5.32 Å². The Balaban J connectivity index is 2.11. The topological polar surface area (TPSA) is 87.7 Å². The lowest BCUT2D eigenvalue weighted by molar-refractivity contribution is 0.0698. The number of rotatable bonds is 3. The first kappa shape index (κ1) is 15.3. The smallest absolute Gasteiger partial charge is 0.337 e. The SMILES string of the molecule is Cc1cc(C)c(NC(=O)NC2CCOCC2)c(C(=O)O)c1. The molecule has 2 amide bonds. The third kappa shape index (κ3) is 3.95. The Morgan fingerprint density at radius 2 is 1.90 bits per heavy atom. The van der Waals surface area contributed by atoms with E-state index in [0.29, 0.717) is 18.9 Å². The molecular formula is C15H20N2O4. The molecule has 0 atom stereocenters. The van der Waals surface area contributed by atoms with Gasteiger partial charge in [-0.05, 0) is 43.9 Å². The summed E-state index contributed by atoms with van der Waals surface area (Å²) in [6.45, 7) is 4.87. The van der Waals surface area contributed by atoms with E-state index in [9.17, 15) is 14.7 Å². The number of urea groups is 1. The highest BCUT2D eigenvalue weighted by Gasteiger charge is 2.19. The summed E-state index contributed by atoms with van der Waals surface area (Å²) < 4.78 is 5.23. The first-order chi connectivity index (χ1) is 9.97. The fourth-order valence-electron chi connectivity index (χ4n) is 2.48. The van der Waals surface area contributed by atoms with E-state index in [1.54, 1.807) is 13.0 Å². The van der Waals surface area contributed by atoms with Crippen LogP contribution in [0.1, 0.15) is 34.3 Å². The molecule has 0 bridgehead atoms. The van der Waals surface area contributed by atoms with Crippen LogP contribution in [-0.4, -0.2) is 36.4 Å². The second kappa shape index (κ2) is 6.58. The van der Waals surface area contributed by atoms with Crippen LogP contribution in [0.25, 0.3) is 0 Å². The van der Waals surface area contributed by atoms with E-state index in [1.807, 2.05) is 13.0 Å². The summed E-state index contributed by atoms with van der Waals surface area (Å²) in [6.07, 6.45) is 1.54. The highest BCUT2D eigenvalue weighted by Crippen LogP contribution is 2.23. The maximum atomic E-state index is 12.0. The van der Waals surface area contributed by atoms with E-state index >= 15 is 0 Å². The van der Waals surface area contributed by atoms with Crippen LogP contribution in [0.4, 0.5) is 10.5 Å². The first-order valence-corrected chi connectivity index (χ1v) is 6.97. The minimum atomic E-state index is -1.05. The summed E-state index contributed by atoms with van der Waals surface area (Å²) in [5.41, 5.74) is 2.03. The number of carboxylic acid groups (broad SMARTS) is 1. The zero-order valence-electron chi connectivity index (χ0n) is 12.2. The Morgan fingerprint density at radius 1 is 1.24 bits per heavy atom. The Bertz CT molecular complexity index is 551. The molecule has 1 saturated heterocycles. The quantitative estimate of drug-likeness (QED) is 0.797. The van der Waals surface area contributed by atoms with E-state index in [0.717, 1.165) is 24.0 Å². The molecule has 2 rings (SSSR count). The Labute approximate surface area is 123 Å². The van der Waals surface area contributed by atoms with Crippen molar-refractivity contribution < 1.29 is 19.4 Å². The van der Waals surface area contributed by atoms with E-state index in [1.165, 1.54) is 0 Å². The van der Waals surface area contributed by atoms with Gasteiger partial charge >= 0.3 is 12.0 Å². The molecule has 3 N–H and O–H groups in total. The number of anilines is 1. The molecule has 0 radical (unpaired) electrons. The van der Waals surface area contributed by atoms with Crippen molar-refractivity contribution in [2.75, 3.05) is 18.5 Å². The second-order valence-corrected chi connectivity index (χ2v) is 5.29. The van der Waals surface area contributed by atoms with Crippen molar-refractivity contribution in [3.8, 4) is 0 Å². The van der Waals surface area contributed by atoms with Gasteiger partial charge in [-0.15, -0.1) is 0 Å². The molecule has 1 aromatic rings. The monoisotopic (exact) mass is 292 g/mol. The highest BCUT2D eigenvalue weighted by atomic mass is 16.5. The third-order valence-corrected chi connectivity index (χ3v) is 3.51. The van der Waals surface area contributed by atoms with Crippen LogP contribution in [0, 0.1) is 13.8 Å². The third-order valence-electron chi connectivity index (χ3n) is 3.51. The van der Waals surface area contributed by atoms with E-state index < -0.39 is 5.97 Å². The van der Waals surface area contributed by atoms with Crippen LogP contribution in [0.2, 0.25) is 0 Å². The number of carboxylic acids is 1. The minimum Gasteiger partial charge on any atom is -0.478 e. The number of nitrogens with one attached hydrogen (secondary N) is 2. The second-order valence-electron chi connectivity index (χ2n) is 5.29. The van der Waals surface area contributed by atoms with E-state index in [2.05, 4.69) is 10.6 Å². The van der Waals surface area contributed by atoms with Crippen LogP contribution in [0.5, 0.6) is 0 Å². The van der Waals surface area contributed by atoms with Crippen LogP contribution in [0.3, 0.4) is 0 Å². The van der Waals surface area contributed by atoms with Crippen molar-refractivity contribution in [3.63, 3.8) is 0 Å². The normalized spacial score (nSPS) is 15.5. The van der Waals surface area contributed by atoms with Crippen molar-refractivity contribution in [2.24, 2.45) is 0 Å². The largest absolute Gasteiger partial charge is 0.478 e. The molecule has 0 spiro atoms. The van der Waals surface area contributed by atoms with Crippen LogP contribution >= 0.6 is 0 Å². The zero-order valence-corrected chi connectivity index (χ0v) is 12.2.